The fourth-order valence-electron chi connectivity index (χ4n) is 12.1. The van der Waals surface area contributed by atoms with Gasteiger partial charge in [0.25, 0.3) is 0 Å². The van der Waals surface area contributed by atoms with E-state index < -0.39 is 0 Å². The van der Waals surface area contributed by atoms with Gasteiger partial charge in [-0.3, -0.25) is 0 Å². The highest BCUT2D eigenvalue weighted by molar-refractivity contribution is 6.18. The molecular formula is C71H55NO2. The van der Waals surface area contributed by atoms with Gasteiger partial charge in [0.2, 0.25) is 0 Å². The summed E-state index contributed by atoms with van der Waals surface area (Å²) in [6.45, 7) is 13.3. The van der Waals surface area contributed by atoms with Gasteiger partial charge in [-0.05, 0) is 172 Å². The summed E-state index contributed by atoms with van der Waals surface area (Å²) in [6, 6.07) is 77.5. The molecule has 0 atom stereocenters. The van der Waals surface area contributed by atoms with E-state index in [4.69, 9.17) is 8.83 Å². The number of nitrogens with zero attached hydrogens (tertiary/aromatic N) is 1. The molecule has 10 aromatic carbocycles. The van der Waals surface area contributed by atoms with E-state index in [9.17, 15) is 0 Å². The molecule has 0 unspecified atom stereocenters. The van der Waals surface area contributed by atoms with Crippen LogP contribution in [0.25, 0.3) is 106 Å². The van der Waals surface area contributed by atoms with Crippen molar-refractivity contribution in [3.05, 3.63) is 252 Å². The molecule has 0 amide bonds. The molecule has 0 saturated heterocycles. The second-order valence-electron chi connectivity index (χ2n) is 20.4. The summed E-state index contributed by atoms with van der Waals surface area (Å²) in [4.78, 5) is 2.41. The molecule has 0 saturated carbocycles. The Kier molecular flexibility index (Phi) is 10.7. The molecule has 0 radical (unpaired) electrons. The number of hydrogen-bond donors (Lipinski definition) is 0. The van der Waals surface area contributed by atoms with Gasteiger partial charge >= 0.3 is 0 Å². The highest BCUT2D eigenvalue weighted by atomic mass is 16.3. The molecule has 74 heavy (non-hydrogen) atoms. The third-order valence-corrected chi connectivity index (χ3v) is 15.7. The first-order chi connectivity index (χ1) is 36.2. The van der Waals surface area contributed by atoms with Gasteiger partial charge in [0.1, 0.15) is 22.5 Å². The Bertz CT molecular complexity index is 4180. The fourth-order valence-corrected chi connectivity index (χ4v) is 12.1. The Balaban J connectivity index is 1.03. The van der Waals surface area contributed by atoms with Gasteiger partial charge in [0.05, 0.1) is 0 Å². The molecular weight excluding hydrogens is 899 g/mol. The average Bonchev–Trinajstić information content (AvgIpc) is 4.05. The standard InChI is InChI=1S/C71H55NO2/c1-7-18-55-46(4)73-65-41-39-59(68(69(55)65)50-33-38-57-56-23-13-15-26-61(56)71(5,6)62(57)43-50)58-40-42-66-70(60-24-14-16-28-64(60)74-66)67(58)49-31-36-52(37-32-49)72(51-34-29-48(30-35-51)47-20-9-8-10-21-47)63-27-17-25-54(45(63)3)53-22-12-11-19-44(53)2/h7-43H,1-6H3/b18-7-. The lowest BCUT2D eigenvalue weighted by Crippen LogP contribution is -2.14. The molecule has 0 aliphatic heterocycles. The third kappa shape index (κ3) is 7.17. The van der Waals surface area contributed by atoms with E-state index >= 15 is 0 Å². The molecule has 356 valence electrons. The Morgan fingerprint density at radius 2 is 0.986 bits per heavy atom. The molecule has 13 rings (SSSR count). The van der Waals surface area contributed by atoms with Crippen molar-refractivity contribution < 1.29 is 8.83 Å². The second-order valence-corrected chi connectivity index (χ2v) is 20.4. The predicted octanol–water partition coefficient (Wildman–Crippen LogP) is 20.4. The van der Waals surface area contributed by atoms with Crippen molar-refractivity contribution in [2.24, 2.45) is 0 Å². The van der Waals surface area contributed by atoms with Crippen LogP contribution in [0.1, 0.15) is 54.3 Å². The summed E-state index contributed by atoms with van der Waals surface area (Å²) >= 11 is 0. The number of allylic oxidation sites excluding steroid dienone is 1. The van der Waals surface area contributed by atoms with E-state index in [1.165, 1.54) is 55.6 Å². The number of rotatable bonds is 9. The molecule has 0 N–H and O–H groups in total. The molecule has 3 nitrogen and oxygen atoms in total. The Morgan fingerprint density at radius 3 is 1.72 bits per heavy atom. The topological polar surface area (TPSA) is 29.5 Å². The van der Waals surface area contributed by atoms with Gasteiger partial charge in [-0.2, -0.15) is 0 Å². The van der Waals surface area contributed by atoms with Crippen molar-refractivity contribution in [3.8, 4) is 66.8 Å². The summed E-state index contributed by atoms with van der Waals surface area (Å²) < 4.78 is 13.3. The van der Waals surface area contributed by atoms with E-state index in [0.717, 1.165) is 94.7 Å². The summed E-state index contributed by atoms with van der Waals surface area (Å²) in [6.07, 6.45) is 4.32. The highest BCUT2D eigenvalue weighted by Gasteiger charge is 2.36. The zero-order valence-corrected chi connectivity index (χ0v) is 42.6. The molecule has 2 aromatic heterocycles. The Labute approximate surface area is 433 Å². The monoisotopic (exact) mass is 953 g/mol. The van der Waals surface area contributed by atoms with E-state index in [1.807, 2.05) is 0 Å². The smallest absolute Gasteiger partial charge is 0.136 e. The average molecular weight is 954 g/mol. The lowest BCUT2D eigenvalue weighted by atomic mass is 9.80. The first kappa shape index (κ1) is 45.0. The molecule has 0 fully saturated rings. The summed E-state index contributed by atoms with van der Waals surface area (Å²) in [5.74, 6) is 0.899. The predicted molar refractivity (Wildman–Crippen MR) is 312 cm³/mol. The van der Waals surface area contributed by atoms with Crippen LogP contribution in [-0.2, 0) is 5.41 Å². The van der Waals surface area contributed by atoms with Crippen LogP contribution >= 0.6 is 0 Å². The minimum absolute atomic E-state index is 0.172. The first-order valence-electron chi connectivity index (χ1n) is 25.8. The van der Waals surface area contributed by atoms with Crippen LogP contribution in [-0.4, -0.2) is 0 Å². The van der Waals surface area contributed by atoms with Gasteiger partial charge in [0.15, 0.2) is 0 Å². The second kappa shape index (κ2) is 17.7. The molecule has 12 aromatic rings. The Hall–Kier alpha value is -8.92. The number of benzene rings is 10. The number of anilines is 3. The highest BCUT2D eigenvalue weighted by Crippen LogP contribution is 2.53. The quantitative estimate of drug-likeness (QED) is 0.144. The largest absolute Gasteiger partial charge is 0.461 e. The lowest BCUT2D eigenvalue weighted by Gasteiger charge is -2.29. The normalized spacial score (nSPS) is 12.8. The van der Waals surface area contributed by atoms with Gasteiger partial charge in [0, 0.05) is 55.3 Å². The van der Waals surface area contributed by atoms with Crippen LogP contribution in [0.4, 0.5) is 17.1 Å². The zero-order valence-electron chi connectivity index (χ0n) is 42.6. The number of para-hydroxylation sites is 1. The van der Waals surface area contributed by atoms with Crippen LogP contribution in [0.5, 0.6) is 0 Å². The third-order valence-electron chi connectivity index (χ3n) is 15.7. The number of aryl methyl sites for hydroxylation is 2. The van der Waals surface area contributed by atoms with Crippen molar-refractivity contribution in [3.63, 3.8) is 0 Å². The summed E-state index contributed by atoms with van der Waals surface area (Å²) in [5.41, 5.74) is 26.2. The minimum Gasteiger partial charge on any atom is -0.461 e. The van der Waals surface area contributed by atoms with Crippen LogP contribution in [0.2, 0.25) is 0 Å². The van der Waals surface area contributed by atoms with E-state index in [-0.39, 0.29) is 5.41 Å². The zero-order chi connectivity index (χ0) is 50.2. The minimum atomic E-state index is -0.172. The molecule has 1 aliphatic carbocycles. The van der Waals surface area contributed by atoms with Crippen molar-refractivity contribution in [1.82, 2.24) is 0 Å². The molecule has 3 heteroatoms. The molecule has 0 spiro atoms. The SMILES string of the molecule is C/C=C\c1c(C)oc2ccc(-c3ccc4oc5ccccc5c4c3-c3ccc(N(c4ccc(-c5ccccc5)cc4)c4cccc(-c5ccccc5C)c4C)cc3)c(-c3ccc4c(c3)C(C)(C)c3ccccc3-4)c12. The first-order valence-corrected chi connectivity index (χ1v) is 25.8. The Morgan fingerprint density at radius 1 is 0.419 bits per heavy atom. The number of hydrogen-bond acceptors (Lipinski definition) is 3. The maximum Gasteiger partial charge on any atom is 0.136 e. The van der Waals surface area contributed by atoms with E-state index in [2.05, 4.69) is 271 Å². The van der Waals surface area contributed by atoms with Crippen molar-refractivity contribution in [1.29, 1.82) is 0 Å². The van der Waals surface area contributed by atoms with Crippen LogP contribution in [0.15, 0.2) is 227 Å². The van der Waals surface area contributed by atoms with Gasteiger partial charge < -0.3 is 13.7 Å². The van der Waals surface area contributed by atoms with Crippen LogP contribution in [0.3, 0.4) is 0 Å². The van der Waals surface area contributed by atoms with Crippen LogP contribution < -0.4 is 4.90 Å². The van der Waals surface area contributed by atoms with Crippen molar-refractivity contribution >= 4 is 56.0 Å². The van der Waals surface area contributed by atoms with Gasteiger partial charge in [-0.25, -0.2) is 0 Å². The van der Waals surface area contributed by atoms with E-state index in [0.29, 0.717) is 0 Å². The maximum atomic E-state index is 6.71. The summed E-state index contributed by atoms with van der Waals surface area (Å²) in [7, 11) is 0. The summed E-state index contributed by atoms with van der Waals surface area (Å²) in [5, 5.41) is 3.29. The number of fused-ring (bicyclic) bond motifs is 7. The lowest BCUT2D eigenvalue weighted by molar-refractivity contribution is 0.577. The van der Waals surface area contributed by atoms with Gasteiger partial charge in [-0.1, -0.05) is 172 Å². The maximum absolute atomic E-state index is 6.71. The molecule has 2 heterocycles. The van der Waals surface area contributed by atoms with Crippen molar-refractivity contribution in [2.45, 2.75) is 47.0 Å². The van der Waals surface area contributed by atoms with Crippen LogP contribution in [0, 0.1) is 20.8 Å². The fraction of sp³-hybridized carbons (Fsp3) is 0.0986. The molecule has 1 aliphatic rings. The van der Waals surface area contributed by atoms with Gasteiger partial charge in [-0.15, -0.1) is 0 Å². The molecule has 0 bridgehead atoms. The van der Waals surface area contributed by atoms with Crippen molar-refractivity contribution in [2.75, 3.05) is 4.90 Å². The van der Waals surface area contributed by atoms with E-state index in [1.54, 1.807) is 0 Å². The number of furan rings is 2.